The molecule has 2 aromatic heterocycles. The van der Waals surface area contributed by atoms with Crippen molar-refractivity contribution in [2.24, 2.45) is 0 Å². The quantitative estimate of drug-likeness (QED) is 0.216. The summed E-state index contributed by atoms with van der Waals surface area (Å²) in [7, 11) is -5.19. The van der Waals surface area contributed by atoms with Crippen LogP contribution in [-0.4, -0.2) is 67.4 Å². The Morgan fingerprint density at radius 3 is 2.61 bits per heavy atom. The van der Waals surface area contributed by atoms with Crippen molar-refractivity contribution in [1.29, 1.82) is 0 Å². The first kappa shape index (κ1) is 27.6. The highest BCUT2D eigenvalue weighted by molar-refractivity contribution is 7.46. The van der Waals surface area contributed by atoms with Gasteiger partial charge in [-0.25, -0.2) is 14.2 Å². The Bertz CT molecular complexity index is 1370. The van der Waals surface area contributed by atoms with Crippen molar-refractivity contribution in [3.63, 3.8) is 0 Å². The highest BCUT2D eigenvalue weighted by Gasteiger charge is 2.51. The van der Waals surface area contributed by atoms with E-state index in [1.807, 2.05) is 12.1 Å². The Kier molecular flexibility index (Phi) is 8.41. The molecule has 3 N–H and O–H groups in total. The molecule has 1 aliphatic heterocycles. The van der Waals surface area contributed by atoms with E-state index in [2.05, 4.69) is 4.98 Å². The van der Waals surface area contributed by atoms with E-state index in [0.717, 1.165) is 5.39 Å². The van der Waals surface area contributed by atoms with Gasteiger partial charge in [-0.3, -0.25) is 9.51 Å². The van der Waals surface area contributed by atoms with E-state index in [1.54, 1.807) is 42.0 Å². The fourth-order valence-electron chi connectivity index (χ4n) is 4.06. The van der Waals surface area contributed by atoms with E-state index >= 15 is 0 Å². The summed E-state index contributed by atoms with van der Waals surface area (Å²) in [5, 5.41) is 11.9. The number of phosphoric ester groups is 1. The molecule has 202 valence electrons. The summed E-state index contributed by atoms with van der Waals surface area (Å²) in [4.78, 5) is 48.3. The average Bonchev–Trinajstić information content (AvgIpc) is 3.33. The molecule has 0 unspecified atom stereocenters. The van der Waals surface area contributed by atoms with Crippen molar-refractivity contribution >= 4 is 30.7 Å². The number of para-hydroxylation sites is 1. The zero-order chi connectivity index (χ0) is 27.4. The first-order valence-corrected chi connectivity index (χ1v) is 13.2. The first-order valence-electron chi connectivity index (χ1n) is 11.6. The van der Waals surface area contributed by atoms with Crippen LogP contribution in [0.5, 0.6) is 0 Å². The van der Waals surface area contributed by atoms with Gasteiger partial charge in [0.1, 0.15) is 24.9 Å². The molecule has 13 heteroatoms. The number of ether oxygens (including phenoxy) is 3. The van der Waals surface area contributed by atoms with Crippen LogP contribution in [0.2, 0.25) is 0 Å². The normalized spacial score (nSPS) is 24.2. The van der Waals surface area contributed by atoms with Crippen LogP contribution in [0.25, 0.3) is 10.9 Å². The van der Waals surface area contributed by atoms with Crippen molar-refractivity contribution < 1.29 is 47.8 Å². The Balaban J connectivity index is 1.71. The molecular formula is C25H27N2O10P. The first-order chi connectivity index (χ1) is 18.1. The third-order valence-electron chi connectivity index (χ3n) is 6.07. The largest absolute Gasteiger partial charge is 0.470 e. The van der Waals surface area contributed by atoms with Gasteiger partial charge in [0.2, 0.25) is 0 Å². The number of pyridine rings is 1. The van der Waals surface area contributed by atoms with Gasteiger partial charge in [-0.15, -0.1) is 0 Å². The molecule has 0 radical (unpaired) electrons. The van der Waals surface area contributed by atoms with E-state index in [9.17, 15) is 29.0 Å². The minimum atomic E-state index is -5.19. The molecule has 0 aliphatic carbocycles. The number of rotatable bonds is 8. The van der Waals surface area contributed by atoms with Gasteiger partial charge in [0, 0.05) is 24.2 Å². The monoisotopic (exact) mass is 546 g/mol. The summed E-state index contributed by atoms with van der Waals surface area (Å²) >= 11 is 0. The molecule has 12 nitrogen and oxygen atoms in total. The molecule has 3 heterocycles. The van der Waals surface area contributed by atoms with Gasteiger partial charge in [-0.1, -0.05) is 24.3 Å². The number of aliphatic hydroxyl groups excluding tert-OH is 1. The number of allylic oxidation sites excluding steroid dienone is 1. The standard InChI is InChI=1S/C25H27N2O10P/c1-3-15(2)24(29)36-22-21(37-38(31,32)33)20(28)19(14-34-25(30)17-8-6-11-26-13-17)35-23(22)27-12-10-16-7-4-5-9-18(16)27/h3-13,19-23,28H,14H2,1-2H3,(H2,31,32,33)/b15-3+/t19-,20-,21+,22-,23-/m1/s1. The zero-order valence-corrected chi connectivity index (χ0v) is 21.4. The third kappa shape index (κ3) is 6.18. The predicted molar refractivity (Wildman–Crippen MR) is 133 cm³/mol. The highest BCUT2D eigenvalue weighted by Crippen LogP contribution is 2.44. The number of fused-ring (bicyclic) bond motifs is 1. The number of nitrogens with zero attached hydrogens (tertiary/aromatic N) is 2. The summed E-state index contributed by atoms with van der Waals surface area (Å²) < 4.78 is 35.5. The van der Waals surface area contributed by atoms with Crippen LogP contribution in [0.15, 0.2) is 72.7 Å². The number of aliphatic hydroxyl groups is 1. The van der Waals surface area contributed by atoms with Crippen molar-refractivity contribution in [2.45, 2.75) is 44.5 Å². The van der Waals surface area contributed by atoms with Gasteiger partial charge in [0.15, 0.2) is 12.3 Å². The number of benzene rings is 1. The summed E-state index contributed by atoms with van der Waals surface area (Å²) in [6, 6.07) is 12.0. The molecular weight excluding hydrogens is 519 g/mol. The van der Waals surface area contributed by atoms with E-state index in [0.29, 0.717) is 5.52 Å². The average molecular weight is 546 g/mol. The SMILES string of the molecule is C/C=C(\C)C(=O)O[C@@H]1[C@@H](OP(=O)(O)O)[C@H](O)[C@@H](COC(=O)c2cccnc2)O[C@H]1n1ccc2ccccc21. The molecule has 1 aromatic carbocycles. The van der Waals surface area contributed by atoms with Gasteiger partial charge >= 0.3 is 19.8 Å². The lowest BCUT2D eigenvalue weighted by Crippen LogP contribution is -2.58. The molecule has 4 rings (SSSR count). The second kappa shape index (κ2) is 11.6. The number of aromatic nitrogens is 2. The Morgan fingerprint density at radius 1 is 1.16 bits per heavy atom. The molecule has 38 heavy (non-hydrogen) atoms. The lowest BCUT2D eigenvalue weighted by molar-refractivity contribution is -0.253. The van der Waals surface area contributed by atoms with Crippen molar-refractivity contribution in [2.75, 3.05) is 6.61 Å². The summed E-state index contributed by atoms with van der Waals surface area (Å²) in [5.74, 6) is -1.54. The van der Waals surface area contributed by atoms with Crippen LogP contribution in [0, 0.1) is 0 Å². The van der Waals surface area contributed by atoms with E-state index in [4.69, 9.17) is 18.7 Å². The minimum absolute atomic E-state index is 0.155. The maximum Gasteiger partial charge on any atom is 0.470 e. The molecule has 3 aromatic rings. The van der Waals surface area contributed by atoms with Gasteiger partial charge in [-0.05, 0) is 43.5 Å². The van der Waals surface area contributed by atoms with E-state index in [-0.39, 0.29) is 11.1 Å². The van der Waals surface area contributed by atoms with Crippen LogP contribution in [0.3, 0.4) is 0 Å². The molecule has 0 amide bonds. The van der Waals surface area contributed by atoms with Crippen molar-refractivity contribution in [1.82, 2.24) is 9.55 Å². The topological polar surface area (TPSA) is 167 Å². The smallest absolute Gasteiger partial charge is 0.459 e. The van der Waals surface area contributed by atoms with Gasteiger partial charge in [0.05, 0.1) is 11.1 Å². The van der Waals surface area contributed by atoms with Crippen molar-refractivity contribution in [3.05, 3.63) is 78.3 Å². The third-order valence-corrected chi connectivity index (χ3v) is 6.59. The number of phosphoric acid groups is 1. The number of carbonyl (C=O) groups excluding carboxylic acids is 2. The number of hydrogen-bond acceptors (Lipinski definition) is 9. The molecule has 0 bridgehead atoms. The summed E-state index contributed by atoms with van der Waals surface area (Å²) in [6.45, 7) is 2.62. The van der Waals surface area contributed by atoms with Crippen LogP contribution in [-0.2, 0) is 28.1 Å². The number of esters is 2. The van der Waals surface area contributed by atoms with Crippen LogP contribution in [0.1, 0.15) is 30.4 Å². The van der Waals surface area contributed by atoms with Crippen LogP contribution in [0.4, 0.5) is 0 Å². The molecule has 1 fully saturated rings. The second-order valence-corrected chi connectivity index (χ2v) is 9.77. The highest BCUT2D eigenvalue weighted by atomic mass is 31.2. The summed E-state index contributed by atoms with van der Waals surface area (Å²) in [5.41, 5.74) is 1.03. The van der Waals surface area contributed by atoms with Gasteiger partial charge in [-0.2, -0.15) is 0 Å². The maximum atomic E-state index is 12.7. The van der Waals surface area contributed by atoms with E-state index in [1.165, 1.54) is 31.5 Å². The lowest BCUT2D eigenvalue weighted by atomic mass is 9.97. The fraction of sp³-hybridized carbons (Fsp3) is 0.320. The molecule has 5 atom stereocenters. The Hall–Kier alpha value is -3.38. The van der Waals surface area contributed by atoms with E-state index < -0.39 is 57.0 Å². The molecule has 0 spiro atoms. The van der Waals surface area contributed by atoms with Gasteiger partial charge in [0.25, 0.3) is 0 Å². The maximum absolute atomic E-state index is 12.7. The van der Waals surface area contributed by atoms with Crippen LogP contribution < -0.4 is 0 Å². The Labute approximate surface area is 217 Å². The lowest BCUT2D eigenvalue weighted by Gasteiger charge is -2.44. The number of hydrogen-bond donors (Lipinski definition) is 3. The fourth-order valence-corrected chi connectivity index (χ4v) is 4.62. The summed E-state index contributed by atoms with van der Waals surface area (Å²) in [6.07, 6.45) is -1.60. The zero-order valence-electron chi connectivity index (χ0n) is 20.5. The van der Waals surface area contributed by atoms with Crippen molar-refractivity contribution in [3.8, 4) is 0 Å². The minimum Gasteiger partial charge on any atom is -0.459 e. The molecule has 0 saturated carbocycles. The predicted octanol–water partition coefficient (Wildman–Crippen LogP) is 2.51. The number of carbonyl (C=O) groups is 2. The Morgan fingerprint density at radius 2 is 1.92 bits per heavy atom. The molecule has 1 saturated heterocycles. The molecule has 1 aliphatic rings. The van der Waals surface area contributed by atoms with Crippen LogP contribution >= 0.6 is 7.82 Å². The second-order valence-electron chi connectivity index (χ2n) is 8.58. The van der Waals surface area contributed by atoms with Gasteiger partial charge < -0.3 is 33.7 Å².